The van der Waals surface area contributed by atoms with Crippen LogP contribution >= 0.6 is 0 Å². The second kappa shape index (κ2) is 6.92. The summed E-state index contributed by atoms with van der Waals surface area (Å²) in [6.07, 6.45) is 5.50. The molecule has 0 bridgehead atoms. The van der Waals surface area contributed by atoms with Gasteiger partial charge in [0.1, 0.15) is 6.33 Å². The Hall–Kier alpha value is -2.66. The number of para-hydroxylation sites is 2. The van der Waals surface area contributed by atoms with Crippen molar-refractivity contribution in [1.82, 2.24) is 14.9 Å². The summed E-state index contributed by atoms with van der Waals surface area (Å²) in [5.74, 6) is -0.0842. The number of hydrogen-bond acceptors (Lipinski definition) is 3. The minimum absolute atomic E-state index is 0.0842. The maximum Gasteiger partial charge on any atom is 0.223 e. The molecule has 1 aliphatic rings. The van der Waals surface area contributed by atoms with E-state index in [1.807, 2.05) is 59.4 Å². The molecule has 2 aromatic carbocycles. The SMILES string of the molecule is O=C(CC1(O)CCCC1)NCc1ccc(-n2cnc3ccccc32)cc1. The highest BCUT2D eigenvalue weighted by molar-refractivity contribution is 5.77. The van der Waals surface area contributed by atoms with Crippen LogP contribution in [0, 0.1) is 0 Å². The molecule has 0 spiro atoms. The van der Waals surface area contributed by atoms with E-state index in [-0.39, 0.29) is 12.3 Å². The quantitative estimate of drug-likeness (QED) is 0.742. The lowest BCUT2D eigenvalue weighted by atomic mass is 9.97. The van der Waals surface area contributed by atoms with Gasteiger partial charge in [-0.15, -0.1) is 0 Å². The van der Waals surface area contributed by atoms with E-state index in [9.17, 15) is 9.90 Å². The average molecular weight is 349 g/mol. The number of aromatic nitrogens is 2. The topological polar surface area (TPSA) is 67.2 Å². The first-order valence-corrected chi connectivity index (χ1v) is 9.13. The van der Waals surface area contributed by atoms with Gasteiger partial charge >= 0.3 is 0 Å². The van der Waals surface area contributed by atoms with E-state index in [0.717, 1.165) is 48.0 Å². The zero-order chi connectivity index (χ0) is 18.0. The van der Waals surface area contributed by atoms with E-state index < -0.39 is 5.60 Å². The van der Waals surface area contributed by atoms with Crippen molar-refractivity contribution in [3.63, 3.8) is 0 Å². The first-order valence-electron chi connectivity index (χ1n) is 9.13. The monoisotopic (exact) mass is 349 g/mol. The van der Waals surface area contributed by atoms with E-state index in [1.165, 1.54) is 0 Å². The van der Waals surface area contributed by atoms with Crippen LogP contribution < -0.4 is 5.32 Å². The van der Waals surface area contributed by atoms with Crippen molar-refractivity contribution in [1.29, 1.82) is 0 Å². The molecule has 1 amide bonds. The van der Waals surface area contributed by atoms with Crippen molar-refractivity contribution >= 4 is 16.9 Å². The number of aliphatic hydroxyl groups is 1. The maximum atomic E-state index is 12.1. The molecular formula is C21H23N3O2. The summed E-state index contributed by atoms with van der Waals surface area (Å²) in [5, 5.41) is 13.2. The molecular weight excluding hydrogens is 326 g/mol. The number of imidazole rings is 1. The van der Waals surface area contributed by atoms with Crippen molar-refractivity contribution < 1.29 is 9.90 Å². The molecule has 0 unspecified atom stereocenters. The third kappa shape index (κ3) is 3.48. The van der Waals surface area contributed by atoms with Gasteiger partial charge in [0.25, 0.3) is 0 Å². The van der Waals surface area contributed by atoms with Gasteiger partial charge in [-0.1, -0.05) is 37.1 Å². The summed E-state index contributed by atoms with van der Waals surface area (Å²) >= 11 is 0. The Balaban J connectivity index is 1.39. The van der Waals surface area contributed by atoms with Gasteiger partial charge in [-0.05, 0) is 42.7 Å². The average Bonchev–Trinajstić information content (AvgIpc) is 3.27. The highest BCUT2D eigenvalue weighted by atomic mass is 16.3. The van der Waals surface area contributed by atoms with Gasteiger partial charge in [0.2, 0.25) is 5.91 Å². The van der Waals surface area contributed by atoms with Crippen LogP contribution in [0.25, 0.3) is 16.7 Å². The number of carbonyl (C=O) groups is 1. The van der Waals surface area contributed by atoms with Crippen molar-refractivity contribution in [2.75, 3.05) is 0 Å². The number of fused-ring (bicyclic) bond motifs is 1. The lowest BCUT2D eigenvalue weighted by Gasteiger charge is -2.21. The predicted octanol–water partition coefficient (Wildman–Crippen LogP) is 3.34. The highest BCUT2D eigenvalue weighted by Crippen LogP contribution is 2.32. The first-order chi connectivity index (χ1) is 12.6. The molecule has 134 valence electrons. The van der Waals surface area contributed by atoms with Gasteiger partial charge in [0, 0.05) is 12.2 Å². The van der Waals surface area contributed by atoms with Crippen molar-refractivity contribution in [3.05, 3.63) is 60.4 Å². The summed E-state index contributed by atoms with van der Waals surface area (Å²) in [7, 11) is 0. The fraction of sp³-hybridized carbons (Fsp3) is 0.333. The first kappa shape index (κ1) is 16.8. The van der Waals surface area contributed by atoms with Crippen molar-refractivity contribution in [2.45, 2.75) is 44.2 Å². The van der Waals surface area contributed by atoms with Gasteiger partial charge in [0.05, 0.1) is 23.1 Å². The van der Waals surface area contributed by atoms with Gasteiger partial charge in [-0.3, -0.25) is 9.36 Å². The molecule has 0 saturated heterocycles. The molecule has 0 radical (unpaired) electrons. The van der Waals surface area contributed by atoms with Gasteiger partial charge in [-0.25, -0.2) is 4.98 Å². The maximum absolute atomic E-state index is 12.1. The summed E-state index contributed by atoms with van der Waals surface area (Å²) in [5.41, 5.74) is 3.31. The van der Waals surface area contributed by atoms with E-state index in [4.69, 9.17) is 0 Å². The number of nitrogens with zero attached hydrogens (tertiary/aromatic N) is 2. The Labute approximate surface area is 152 Å². The lowest BCUT2D eigenvalue weighted by Crippen LogP contribution is -2.34. The molecule has 26 heavy (non-hydrogen) atoms. The number of hydrogen-bond donors (Lipinski definition) is 2. The van der Waals surface area contributed by atoms with E-state index in [2.05, 4.69) is 10.3 Å². The van der Waals surface area contributed by atoms with Crippen LogP contribution in [0.3, 0.4) is 0 Å². The van der Waals surface area contributed by atoms with Crippen LogP contribution in [-0.4, -0.2) is 26.2 Å². The number of nitrogens with one attached hydrogen (secondary N) is 1. The Kier molecular flexibility index (Phi) is 4.47. The molecule has 1 aliphatic carbocycles. The second-order valence-electron chi connectivity index (χ2n) is 7.15. The Bertz CT molecular complexity index is 908. The molecule has 1 heterocycles. The smallest absolute Gasteiger partial charge is 0.223 e. The summed E-state index contributed by atoms with van der Waals surface area (Å²) in [6, 6.07) is 16.1. The van der Waals surface area contributed by atoms with Crippen LogP contribution in [-0.2, 0) is 11.3 Å². The zero-order valence-electron chi connectivity index (χ0n) is 14.7. The van der Waals surface area contributed by atoms with E-state index in [1.54, 1.807) is 0 Å². The fourth-order valence-corrected chi connectivity index (χ4v) is 3.71. The van der Waals surface area contributed by atoms with Gasteiger partial charge in [-0.2, -0.15) is 0 Å². The number of amides is 1. The van der Waals surface area contributed by atoms with Crippen molar-refractivity contribution in [3.8, 4) is 5.69 Å². The highest BCUT2D eigenvalue weighted by Gasteiger charge is 2.33. The molecule has 4 rings (SSSR count). The molecule has 1 fully saturated rings. The summed E-state index contributed by atoms with van der Waals surface area (Å²) < 4.78 is 2.05. The molecule has 5 heteroatoms. The third-order valence-corrected chi connectivity index (χ3v) is 5.18. The minimum atomic E-state index is -0.795. The standard InChI is InChI=1S/C21H23N3O2/c25-20(13-21(26)11-3-4-12-21)22-14-16-7-9-17(10-8-16)24-15-23-18-5-1-2-6-19(18)24/h1-2,5-10,15,26H,3-4,11-14H2,(H,22,25). The third-order valence-electron chi connectivity index (χ3n) is 5.18. The lowest BCUT2D eigenvalue weighted by molar-refractivity contribution is -0.126. The van der Waals surface area contributed by atoms with Crippen LogP contribution in [0.1, 0.15) is 37.7 Å². The van der Waals surface area contributed by atoms with Crippen LogP contribution in [0.2, 0.25) is 0 Å². The number of rotatable bonds is 5. The Morgan fingerprint density at radius 2 is 1.85 bits per heavy atom. The zero-order valence-corrected chi connectivity index (χ0v) is 14.7. The van der Waals surface area contributed by atoms with Crippen molar-refractivity contribution in [2.24, 2.45) is 0 Å². The Morgan fingerprint density at radius 1 is 1.12 bits per heavy atom. The molecule has 0 aliphatic heterocycles. The van der Waals surface area contributed by atoms with Crippen LogP contribution in [0.4, 0.5) is 0 Å². The second-order valence-corrected chi connectivity index (χ2v) is 7.15. The van der Waals surface area contributed by atoms with E-state index >= 15 is 0 Å². The minimum Gasteiger partial charge on any atom is -0.389 e. The molecule has 5 nitrogen and oxygen atoms in total. The van der Waals surface area contributed by atoms with Crippen LogP contribution in [0.5, 0.6) is 0 Å². The Morgan fingerprint density at radius 3 is 2.62 bits per heavy atom. The number of carbonyl (C=O) groups excluding carboxylic acids is 1. The van der Waals surface area contributed by atoms with Crippen LogP contribution in [0.15, 0.2) is 54.9 Å². The molecule has 1 saturated carbocycles. The van der Waals surface area contributed by atoms with Gasteiger partial charge in [0.15, 0.2) is 0 Å². The molecule has 1 aromatic heterocycles. The normalized spacial score (nSPS) is 16.0. The summed E-state index contributed by atoms with van der Waals surface area (Å²) in [6.45, 7) is 0.472. The van der Waals surface area contributed by atoms with E-state index in [0.29, 0.717) is 6.54 Å². The molecule has 2 N–H and O–H groups in total. The largest absolute Gasteiger partial charge is 0.389 e. The predicted molar refractivity (Wildman–Crippen MR) is 101 cm³/mol. The number of benzene rings is 2. The molecule has 0 atom stereocenters. The summed E-state index contributed by atoms with van der Waals surface area (Å²) in [4.78, 5) is 16.5. The van der Waals surface area contributed by atoms with Gasteiger partial charge < -0.3 is 10.4 Å². The fourth-order valence-electron chi connectivity index (χ4n) is 3.71. The molecule has 3 aromatic rings.